The van der Waals surface area contributed by atoms with E-state index in [1.54, 1.807) is 0 Å². The van der Waals surface area contributed by atoms with E-state index in [1.807, 2.05) is 0 Å². The second kappa shape index (κ2) is 5.89. The molecule has 2 aliphatic rings. The van der Waals surface area contributed by atoms with Crippen molar-refractivity contribution < 1.29 is 9.47 Å². The van der Waals surface area contributed by atoms with Crippen LogP contribution in [-0.2, 0) is 9.47 Å². The summed E-state index contributed by atoms with van der Waals surface area (Å²) in [6, 6.07) is 0. The van der Waals surface area contributed by atoms with Gasteiger partial charge in [0, 0.05) is 19.8 Å². The molecule has 0 spiro atoms. The molecule has 106 valence electrons. The molecule has 0 radical (unpaired) electrons. The van der Waals surface area contributed by atoms with E-state index < -0.39 is 0 Å². The Morgan fingerprint density at radius 1 is 1.17 bits per heavy atom. The first-order chi connectivity index (χ1) is 8.55. The number of nitrogens with one attached hydrogen (secondary N) is 1. The van der Waals surface area contributed by atoms with E-state index in [-0.39, 0.29) is 5.60 Å². The number of rotatable bonds is 5. The van der Waals surface area contributed by atoms with Gasteiger partial charge in [-0.05, 0) is 57.9 Å². The highest BCUT2D eigenvalue weighted by molar-refractivity contribution is 4.90. The maximum atomic E-state index is 6.19. The van der Waals surface area contributed by atoms with E-state index in [9.17, 15) is 0 Å². The van der Waals surface area contributed by atoms with Crippen LogP contribution in [0.2, 0.25) is 0 Å². The van der Waals surface area contributed by atoms with Gasteiger partial charge in [-0.3, -0.25) is 0 Å². The van der Waals surface area contributed by atoms with Crippen molar-refractivity contribution in [1.29, 1.82) is 0 Å². The van der Waals surface area contributed by atoms with Gasteiger partial charge in [-0.1, -0.05) is 6.92 Å². The lowest BCUT2D eigenvalue weighted by Gasteiger charge is -2.39. The Kier molecular flexibility index (Phi) is 4.68. The molecule has 2 aliphatic heterocycles. The van der Waals surface area contributed by atoms with Gasteiger partial charge in [-0.25, -0.2) is 0 Å². The molecule has 3 nitrogen and oxygen atoms in total. The highest BCUT2D eigenvalue weighted by Gasteiger charge is 2.39. The van der Waals surface area contributed by atoms with Crippen molar-refractivity contribution in [2.45, 2.75) is 64.6 Å². The van der Waals surface area contributed by atoms with Gasteiger partial charge in [-0.15, -0.1) is 0 Å². The molecule has 0 amide bonds. The van der Waals surface area contributed by atoms with Crippen LogP contribution in [0.5, 0.6) is 0 Å². The van der Waals surface area contributed by atoms with Crippen molar-refractivity contribution in [3.8, 4) is 0 Å². The van der Waals surface area contributed by atoms with Crippen LogP contribution in [0, 0.1) is 5.41 Å². The molecular formula is C15H29NO2. The van der Waals surface area contributed by atoms with Crippen molar-refractivity contribution in [1.82, 2.24) is 5.32 Å². The fourth-order valence-corrected chi connectivity index (χ4v) is 3.35. The van der Waals surface area contributed by atoms with Gasteiger partial charge in [0.05, 0.1) is 11.7 Å². The van der Waals surface area contributed by atoms with E-state index in [0.717, 1.165) is 26.3 Å². The van der Waals surface area contributed by atoms with Crippen molar-refractivity contribution in [2.24, 2.45) is 5.41 Å². The van der Waals surface area contributed by atoms with Crippen molar-refractivity contribution in [3.63, 3.8) is 0 Å². The van der Waals surface area contributed by atoms with Gasteiger partial charge in [0.2, 0.25) is 0 Å². The van der Waals surface area contributed by atoms with Crippen LogP contribution in [0.1, 0.15) is 52.9 Å². The van der Waals surface area contributed by atoms with E-state index >= 15 is 0 Å². The van der Waals surface area contributed by atoms with Crippen molar-refractivity contribution in [2.75, 3.05) is 26.3 Å². The minimum absolute atomic E-state index is 0.0925. The van der Waals surface area contributed by atoms with Crippen LogP contribution in [0.15, 0.2) is 0 Å². The summed E-state index contributed by atoms with van der Waals surface area (Å²) < 4.78 is 11.7. The van der Waals surface area contributed by atoms with Crippen LogP contribution in [0.25, 0.3) is 0 Å². The summed E-state index contributed by atoms with van der Waals surface area (Å²) >= 11 is 0. The molecule has 3 heteroatoms. The minimum atomic E-state index is 0.0925. The zero-order valence-electron chi connectivity index (χ0n) is 12.3. The topological polar surface area (TPSA) is 30.5 Å². The van der Waals surface area contributed by atoms with Gasteiger partial charge >= 0.3 is 0 Å². The van der Waals surface area contributed by atoms with E-state index in [0.29, 0.717) is 11.5 Å². The molecule has 2 rings (SSSR count). The van der Waals surface area contributed by atoms with Crippen LogP contribution in [-0.4, -0.2) is 38.0 Å². The second-order valence-corrected chi connectivity index (χ2v) is 6.64. The third kappa shape index (κ3) is 3.69. The van der Waals surface area contributed by atoms with Crippen LogP contribution in [0.4, 0.5) is 0 Å². The molecule has 0 aromatic rings. The Morgan fingerprint density at radius 3 is 2.44 bits per heavy atom. The quantitative estimate of drug-likeness (QED) is 0.819. The average molecular weight is 255 g/mol. The first kappa shape index (κ1) is 14.3. The molecule has 2 saturated heterocycles. The first-order valence-electron chi connectivity index (χ1n) is 7.52. The third-order valence-electron chi connectivity index (χ3n) is 4.52. The lowest BCUT2D eigenvalue weighted by atomic mass is 9.75. The normalized spacial score (nSPS) is 30.5. The van der Waals surface area contributed by atoms with Gasteiger partial charge in [0.15, 0.2) is 0 Å². The fourth-order valence-electron chi connectivity index (χ4n) is 3.35. The van der Waals surface area contributed by atoms with E-state index in [1.165, 1.54) is 32.1 Å². The predicted octanol–water partition coefficient (Wildman–Crippen LogP) is 2.74. The maximum absolute atomic E-state index is 6.19. The molecule has 0 saturated carbocycles. The SMILES string of the molecule is CCNCC1(CC2CCC(C)(C)O2)CCOCC1. The van der Waals surface area contributed by atoms with Gasteiger partial charge in [0.25, 0.3) is 0 Å². The molecular weight excluding hydrogens is 226 g/mol. The molecule has 1 N–H and O–H groups in total. The summed E-state index contributed by atoms with van der Waals surface area (Å²) in [5.74, 6) is 0. The summed E-state index contributed by atoms with van der Waals surface area (Å²) in [5, 5.41) is 3.54. The number of hydrogen-bond donors (Lipinski definition) is 1. The highest BCUT2D eigenvalue weighted by Crippen LogP contribution is 2.40. The molecule has 0 aliphatic carbocycles. The summed E-state index contributed by atoms with van der Waals surface area (Å²) in [6.07, 6.45) is 6.44. The summed E-state index contributed by atoms with van der Waals surface area (Å²) in [5.41, 5.74) is 0.495. The molecule has 0 aromatic heterocycles. The third-order valence-corrected chi connectivity index (χ3v) is 4.52. The van der Waals surface area contributed by atoms with Gasteiger partial charge < -0.3 is 14.8 Å². The molecule has 0 bridgehead atoms. The van der Waals surface area contributed by atoms with Crippen LogP contribution in [0.3, 0.4) is 0 Å². The van der Waals surface area contributed by atoms with Crippen LogP contribution < -0.4 is 5.32 Å². The Bertz CT molecular complexity index is 259. The lowest BCUT2D eigenvalue weighted by Crippen LogP contribution is -2.41. The Balaban J connectivity index is 1.92. The molecule has 2 fully saturated rings. The minimum Gasteiger partial charge on any atom is -0.381 e. The predicted molar refractivity (Wildman–Crippen MR) is 73.8 cm³/mol. The van der Waals surface area contributed by atoms with Crippen molar-refractivity contribution in [3.05, 3.63) is 0 Å². The Labute approximate surface area is 112 Å². The van der Waals surface area contributed by atoms with Gasteiger partial charge in [0.1, 0.15) is 0 Å². The molecule has 18 heavy (non-hydrogen) atoms. The molecule has 0 aromatic carbocycles. The molecule has 2 heterocycles. The maximum Gasteiger partial charge on any atom is 0.0631 e. The van der Waals surface area contributed by atoms with Gasteiger partial charge in [-0.2, -0.15) is 0 Å². The van der Waals surface area contributed by atoms with E-state index in [2.05, 4.69) is 26.1 Å². The van der Waals surface area contributed by atoms with Crippen molar-refractivity contribution >= 4 is 0 Å². The fraction of sp³-hybridized carbons (Fsp3) is 1.00. The largest absolute Gasteiger partial charge is 0.381 e. The summed E-state index contributed by atoms with van der Waals surface area (Å²) in [7, 11) is 0. The summed E-state index contributed by atoms with van der Waals surface area (Å²) in [4.78, 5) is 0. The average Bonchev–Trinajstić information content (AvgIpc) is 2.67. The zero-order valence-corrected chi connectivity index (χ0v) is 12.3. The van der Waals surface area contributed by atoms with Crippen LogP contribution >= 0.6 is 0 Å². The number of ether oxygens (including phenoxy) is 2. The van der Waals surface area contributed by atoms with E-state index in [4.69, 9.17) is 9.47 Å². The zero-order chi connectivity index (χ0) is 13.1. The standard InChI is InChI=1S/C15H29NO2/c1-4-16-12-15(7-9-17-10-8-15)11-13-5-6-14(2,3)18-13/h13,16H,4-12H2,1-3H3. The monoisotopic (exact) mass is 255 g/mol. The second-order valence-electron chi connectivity index (χ2n) is 6.64. The Hall–Kier alpha value is -0.120. The molecule has 1 atom stereocenters. The highest BCUT2D eigenvalue weighted by atomic mass is 16.5. The Morgan fingerprint density at radius 2 is 1.89 bits per heavy atom. The lowest BCUT2D eigenvalue weighted by molar-refractivity contribution is -0.0582. The first-order valence-corrected chi connectivity index (χ1v) is 7.52. The number of hydrogen-bond acceptors (Lipinski definition) is 3. The smallest absolute Gasteiger partial charge is 0.0631 e. The summed E-state index contributed by atoms with van der Waals surface area (Å²) in [6.45, 7) is 10.6. The molecule has 1 unspecified atom stereocenters.